The summed E-state index contributed by atoms with van der Waals surface area (Å²) in [7, 11) is 0. The monoisotopic (exact) mass is 286 g/mol. The first kappa shape index (κ1) is 17.6. The molecule has 0 aliphatic heterocycles. The van der Waals surface area contributed by atoms with Crippen molar-refractivity contribution in [3.05, 3.63) is 29.3 Å². The van der Waals surface area contributed by atoms with E-state index in [4.69, 9.17) is 4.74 Å². The van der Waals surface area contributed by atoms with Gasteiger partial charge >= 0.3 is 0 Å². The van der Waals surface area contributed by atoms with Crippen LogP contribution in [0.2, 0.25) is 0 Å². The quantitative estimate of drug-likeness (QED) is 0.633. The molecule has 1 aromatic rings. The summed E-state index contributed by atoms with van der Waals surface area (Å²) in [4.78, 5) is 0. The second kappa shape index (κ2) is 8.13. The predicted molar refractivity (Wildman–Crippen MR) is 92.0 cm³/mol. The zero-order chi connectivity index (χ0) is 15.9. The number of ether oxygens (including phenoxy) is 1. The van der Waals surface area contributed by atoms with Crippen LogP contribution in [0.1, 0.15) is 77.8 Å². The van der Waals surface area contributed by atoms with Gasteiger partial charge in [0.15, 0.2) is 0 Å². The summed E-state index contributed by atoms with van der Waals surface area (Å²) in [5.74, 6) is 7.86. The minimum absolute atomic E-state index is 0.160. The molecule has 1 aromatic carbocycles. The summed E-state index contributed by atoms with van der Waals surface area (Å²) in [6, 6.07) is 6.64. The summed E-state index contributed by atoms with van der Waals surface area (Å²) in [6.07, 6.45) is 2.85. The lowest BCUT2D eigenvalue weighted by Crippen LogP contribution is -2.12. The highest BCUT2D eigenvalue weighted by molar-refractivity contribution is 5.42. The summed E-state index contributed by atoms with van der Waals surface area (Å²) in [5, 5.41) is 0. The van der Waals surface area contributed by atoms with E-state index in [1.807, 2.05) is 0 Å². The van der Waals surface area contributed by atoms with Crippen LogP contribution in [-0.2, 0) is 5.41 Å². The molecule has 0 spiro atoms. The molecule has 0 saturated carbocycles. The van der Waals surface area contributed by atoms with E-state index in [1.165, 1.54) is 11.1 Å². The van der Waals surface area contributed by atoms with Crippen molar-refractivity contribution in [1.29, 1.82) is 0 Å². The fraction of sp³-hybridized carbons (Fsp3) is 0.600. The molecule has 1 heteroatoms. The number of benzene rings is 1. The average molecular weight is 286 g/mol. The van der Waals surface area contributed by atoms with Crippen LogP contribution >= 0.6 is 0 Å². The highest BCUT2D eigenvalue weighted by atomic mass is 16.5. The van der Waals surface area contributed by atoms with E-state index in [0.29, 0.717) is 5.92 Å². The molecule has 21 heavy (non-hydrogen) atoms. The Kier molecular flexibility index (Phi) is 6.82. The van der Waals surface area contributed by atoms with Crippen molar-refractivity contribution in [2.45, 2.75) is 72.1 Å². The van der Waals surface area contributed by atoms with Crippen molar-refractivity contribution in [1.82, 2.24) is 0 Å². The molecule has 0 radical (unpaired) electrons. The van der Waals surface area contributed by atoms with Crippen LogP contribution in [0.5, 0.6) is 5.75 Å². The number of rotatable bonds is 5. The van der Waals surface area contributed by atoms with Crippen molar-refractivity contribution >= 4 is 0 Å². The van der Waals surface area contributed by atoms with Crippen molar-refractivity contribution in [3.63, 3.8) is 0 Å². The van der Waals surface area contributed by atoms with Crippen LogP contribution in [0.25, 0.3) is 0 Å². The molecule has 0 saturated heterocycles. The van der Waals surface area contributed by atoms with E-state index in [-0.39, 0.29) is 5.41 Å². The lowest BCUT2D eigenvalue weighted by atomic mass is 9.84. The maximum Gasteiger partial charge on any atom is 0.122 e. The Morgan fingerprint density at radius 1 is 1.14 bits per heavy atom. The lowest BCUT2D eigenvalue weighted by Gasteiger charge is -2.23. The molecule has 0 N–H and O–H groups in total. The lowest BCUT2D eigenvalue weighted by molar-refractivity contribution is 0.312. The van der Waals surface area contributed by atoms with Gasteiger partial charge in [-0.1, -0.05) is 53.7 Å². The number of hydrogen-bond acceptors (Lipinski definition) is 1. The molecule has 1 unspecified atom stereocenters. The van der Waals surface area contributed by atoms with E-state index < -0.39 is 0 Å². The Morgan fingerprint density at radius 2 is 1.86 bits per heavy atom. The Labute approximate surface area is 131 Å². The van der Waals surface area contributed by atoms with Gasteiger partial charge < -0.3 is 4.74 Å². The van der Waals surface area contributed by atoms with Gasteiger partial charge in [0.1, 0.15) is 5.75 Å². The van der Waals surface area contributed by atoms with Crippen molar-refractivity contribution < 1.29 is 4.74 Å². The number of hydrogen-bond donors (Lipinski definition) is 0. The minimum atomic E-state index is 0.160. The Balaban J connectivity index is 3.09. The third-order valence-corrected chi connectivity index (χ3v) is 3.58. The normalized spacial score (nSPS) is 12.5. The molecular formula is C20H30O. The summed E-state index contributed by atoms with van der Waals surface area (Å²) in [6.45, 7) is 14.0. The van der Waals surface area contributed by atoms with Gasteiger partial charge in [0.05, 0.1) is 6.61 Å². The molecule has 0 heterocycles. The third-order valence-electron chi connectivity index (χ3n) is 3.58. The molecule has 0 aromatic heterocycles. The molecule has 0 aliphatic carbocycles. The second-order valence-corrected chi connectivity index (χ2v) is 6.66. The summed E-state index contributed by atoms with van der Waals surface area (Å²) >= 11 is 0. The molecular weight excluding hydrogens is 256 g/mol. The Hall–Kier alpha value is -1.42. The van der Waals surface area contributed by atoms with Gasteiger partial charge in [0.25, 0.3) is 0 Å². The van der Waals surface area contributed by atoms with E-state index in [2.05, 4.69) is 71.6 Å². The largest absolute Gasteiger partial charge is 0.493 e. The van der Waals surface area contributed by atoms with Crippen LogP contribution in [-0.4, -0.2) is 6.61 Å². The van der Waals surface area contributed by atoms with Crippen LogP contribution in [0.15, 0.2) is 18.2 Å². The topological polar surface area (TPSA) is 9.23 Å². The average Bonchev–Trinajstić information content (AvgIpc) is 2.44. The summed E-state index contributed by atoms with van der Waals surface area (Å²) in [5.41, 5.74) is 2.81. The van der Waals surface area contributed by atoms with E-state index in [1.54, 1.807) is 0 Å². The Bertz CT molecular complexity index is 497. The van der Waals surface area contributed by atoms with Gasteiger partial charge in [-0.15, -0.1) is 11.8 Å². The first-order chi connectivity index (χ1) is 9.90. The molecule has 1 rings (SSSR count). The van der Waals surface area contributed by atoms with Gasteiger partial charge in [-0.2, -0.15) is 0 Å². The van der Waals surface area contributed by atoms with Gasteiger partial charge in [-0.05, 0) is 34.9 Å². The molecule has 1 nitrogen and oxygen atoms in total. The molecule has 116 valence electrons. The Morgan fingerprint density at radius 3 is 2.43 bits per heavy atom. The van der Waals surface area contributed by atoms with Crippen LogP contribution < -0.4 is 4.74 Å². The maximum atomic E-state index is 5.93. The van der Waals surface area contributed by atoms with Gasteiger partial charge in [0.2, 0.25) is 0 Å². The fourth-order valence-electron chi connectivity index (χ4n) is 2.20. The van der Waals surface area contributed by atoms with Gasteiger partial charge in [-0.3, -0.25) is 0 Å². The van der Waals surface area contributed by atoms with E-state index in [9.17, 15) is 0 Å². The standard InChI is InChI=1S/C20H30O/c1-7-9-10-11-16(3)18-15-17(20(4,5)6)12-13-19(18)21-14-8-2/h12-13,15-16H,7-8,11,14H2,1-6H3. The van der Waals surface area contributed by atoms with Crippen molar-refractivity contribution in [2.75, 3.05) is 6.61 Å². The minimum Gasteiger partial charge on any atom is -0.493 e. The van der Waals surface area contributed by atoms with E-state index in [0.717, 1.165) is 31.6 Å². The SMILES string of the molecule is CCC#CCC(C)c1cc(C(C)(C)C)ccc1OCCC. The highest BCUT2D eigenvalue weighted by Crippen LogP contribution is 2.33. The van der Waals surface area contributed by atoms with Gasteiger partial charge in [-0.25, -0.2) is 0 Å². The second-order valence-electron chi connectivity index (χ2n) is 6.66. The zero-order valence-electron chi connectivity index (χ0n) is 14.5. The van der Waals surface area contributed by atoms with Crippen LogP contribution in [0.3, 0.4) is 0 Å². The first-order valence-corrected chi connectivity index (χ1v) is 8.13. The third kappa shape index (κ3) is 5.46. The van der Waals surface area contributed by atoms with Crippen molar-refractivity contribution in [3.8, 4) is 17.6 Å². The van der Waals surface area contributed by atoms with Crippen LogP contribution in [0.4, 0.5) is 0 Å². The molecule has 1 atom stereocenters. The van der Waals surface area contributed by atoms with Crippen LogP contribution in [0, 0.1) is 11.8 Å². The fourth-order valence-corrected chi connectivity index (χ4v) is 2.20. The maximum absolute atomic E-state index is 5.93. The smallest absolute Gasteiger partial charge is 0.122 e. The molecule has 0 fully saturated rings. The van der Waals surface area contributed by atoms with Gasteiger partial charge in [0, 0.05) is 12.8 Å². The predicted octanol–water partition coefficient (Wildman–Crippen LogP) is 5.68. The molecule has 0 aliphatic rings. The highest BCUT2D eigenvalue weighted by Gasteiger charge is 2.18. The summed E-state index contributed by atoms with van der Waals surface area (Å²) < 4.78 is 5.93. The molecule has 0 amide bonds. The van der Waals surface area contributed by atoms with Crippen molar-refractivity contribution in [2.24, 2.45) is 0 Å². The zero-order valence-corrected chi connectivity index (χ0v) is 14.5. The van der Waals surface area contributed by atoms with E-state index >= 15 is 0 Å². The first-order valence-electron chi connectivity index (χ1n) is 8.13. The molecule has 0 bridgehead atoms.